The Morgan fingerprint density at radius 2 is 1.04 bits per heavy atom. The first-order chi connectivity index (χ1) is 13.2. The van der Waals surface area contributed by atoms with E-state index in [-0.39, 0.29) is 0 Å². The third-order valence-corrected chi connectivity index (χ3v) is 4.90. The Bertz CT molecular complexity index is 1210. The number of aromatic nitrogens is 1. The lowest BCUT2D eigenvalue weighted by atomic mass is 10.0. The van der Waals surface area contributed by atoms with Gasteiger partial charge in [0.2, 0.25) is 0 Å². The molecule has 0 radical (unpaired) electrons. The monoisotopic (exact) mass is 355 g/mol. The summed E-state index contributed by atoms with van der Waals surface area (Å²) >= 11 is 0. The van der Waals surface area contributed by atoms with Crippen LogP contribution in [-0.4, -0.2) is 4.57 Å². The Morgan fingerprint density at radius 3 is 1.59 bits per heavy atom. The molecule has 27 heavy (non-hydrogen) atoms. The van der Waals surface area contributed by atoms with Gasteiger partial charge < -0.3 is 4.57 Å². The van der Waals surface area contributed by atoms with Crippen molar-refractivity contribution in [3.63, 3.8) is 0 Å². The topological polar surface area (TPSA) is 4.93 Å². The summed E-state index contributed by atoms with van der Waals surface area (Å²) < 4.78 is 29.3. The Balaban J connectivity index is 1.69. The van der Waals surface area contributed by atoms with Crippen LogP contribution in [0.4, 0.5) is 8.78 Å². The normalized spacial score (nSPS) is 11.3. The highest BCUT2D eigenvalue weighted by Gasteiger charge is 2.11. The van der Waals surface area contributed by atoms with Crippen LogP contribution in [0.25, 0.3) is 38.6 Å². The molecule has 0 bridgehead atoms. The van der Waals surface area contributed by atoms with Crippen molar-refractivity contribution in [2.75, 3.05) is 0 Å². The van der Waals surface area contributed by atoms with E-state index in [4.69, 9.17) is 0 Å². The summed E-state index contributed by atoms with van der Waals surface area (Å²) in [5, 5.41) is 2.40. The lowest BCUT2D eigenvalue weighted by Crippen LogP contribution is -1.93. The summed E-state index contributed by atoms with van der Waals surface area (Å²) in [6, 6.07) is 27.9. The van der Waals surface area contributed by atoms with E-state index in [0.717, 1.165) is 28.4 Å². The SMILES string of the molecule is Fc1cc(F)cc(-c2ccc(-n3c4ccccc4c4ccccc43)cc2)c1. The third kappa shape index (κ3) is 2.59. The van der Waals surface area contributed by atoms with E-state index >= 15 is 0 Å². The summed E-state index contributed by atoms with van der Waals surface area (Å²) in [5.41, 5.74) is 4.57. The van der Waals surface area contributed by atoms with Gasteiger partial charge in [-0.3, -0.25) is 0 Å². The molecule has 0 N–H and O–H groups in total. The number of halogens is 2. The van der Waals surface area contributed by atoms with Crippen LogP contribution >= 0.6 is 0 Å². The predicted molar refractivity (Wildman–Crippen MR) is 106 cm³/mol. The number of hydrogen-bond acceptors (Lipinski definition) is 0. The van der Waals surface area contributed by atoms with Crippen molar-refractivity contribution in [3.8, 4) is 16.8 Å². The maximum atomic E-state index is 13.5. The molecule has 130 valence electrons. The van der Waals surface area contributed by atoms with Crippen molar-refractivity contribution in [1.29, 1.82) is 0 Å². The minimum absolute atomic E-state index is 0.529. The third-order valence-electron chi connectivity index (χ3n) is 4.90. The number of hydrogen-bond donors (Lipinski definition) is 0. The average molecular weight is 355 g/mol. The van der Waals surface area contributed by atoms with Crippen molar-refractivity contribution >= 4 is 21.8 Å². The molecule has 1 heterocycles. The Labute approximate surface area is 155 Å². The number of rotatable bonds is 2. The molecule has 0 aliphatic rings. The van der Waals surface area contributed by atoms with Gasteiger partial charge in [0.25, 0.3) is 0 Å². The number of para-hydroxylation sites is 2. The summed E-state index contributed by atoms with van der Waals surface area (Å²) in [5.74, 6) is -1.15. The van der Waals surface area contributed by atoms with Crippen LogP contribution in [0.3, 0.4) is 0 Å². The first kappa shape index (κ1) is 15.8. The van der Waals surface area contributed by atoms with Crippen LogP contribution in [0.2, 0.25) is 0 Å². The zero-order valence-corrected chi connectivity index (χ0v) is 14.4. The Morgan fingerprint density at radius 1 is 0.519 bits per heavy atom. The standard InChI is InChI=1S/C24H15F2N/c25-18-13-17(14-19(26)15-18)16-9-11-20(12-10-16)27-23-7-3-1-5-21(23)22-6-2-4-8-24(22)27/h1-15H. The van der Waals surface area contributed by atoms with E-state index < -0.39 is 11.6 Å². The molecule has 0 spiro atoms. The lowest BCUT2D eigenvalue weighted by molar-refractivity contribution is 0.584. The summed E-state index contributed by atoms with van der Waals surface area (Å²) in [6.07, 6.45) is 0. The zero-order chi connectivity index (χ0) is 18.4. The highest BCUT2D eigenvalue weighted by molar-refractivity contribution is 6.09. The molecule has 3 heteroatoms. The fourth-order valence-corrected chi connectivity index (χ4v) is 3.72. The van der Waals surface area contributed by atoms with Gasteiger partial charge in [-0.05, 0) is 47.5 Å². The smallest absolute Gasteiger partial charge is 0.126 e. The van der Waals surface area contributed by atoms with E-state index in [1.54, 1.807) is 0 Å². The van der Waals surface area contributed by atoms with Gasteiger partial charge in [-0.1, -0.05) is 48.5 Å². The minimum Gasteiger partial charge on any atom is -0.309 e. The number of fused-ring (bicyclic) bond motifs is 3. The van der Waals surface area contributed by atoms with Gasteiger partial charge in [0, 0.05) is 22.5 Å². The fourth-order valence-electron chi connectivity index (χ4n) is 3.72. The first-order valence-corrected chi connectivity index (χ1v) is 8.76. The van der Waals surface area contributed by atoms with Gasteiger partial charge in [-0.15, -0.1) is 0 Å². The molecule has 0 saturated heterocycles. The van der Waals surface area contributed by atoms with Crippen molar-refractivity contribution < 1.29 is 8.78 Å². The molecule has 0 atom stereocenters. The lowest BCUT2D eigenvalue weighted by Gasteiger charge is -2.09. The van der Waals surface area contributed by atoms with Crippen LogP contribution in [0.1, 0.15) is 0 Å². The van der Waals surface area contributed by atoms with Gasteiger partial charge in [-0.2, -0.15) is 0 Å². The van der Waals surface area contributed by atoms with E-state index in [1.807, 2.05) is 48.5 Å². The highest BCUT2D eigenvalue weighted by Crippen LogP contribution is 2.32. The second-order valence-corrected chi connectivity index (χ2v) is 6.57. The zero-order valence-electron chi connectivity index (χ0n) is 14.4. The summed E-state index contributed by atoms with van der Waals surface area (Å²) in [6.45, 7) is 0. The van der Waals surface area contributed by atoms with Gasteiger partial charge in [0.15, 0.2) is 0 Å². The van der Waals surface area contributed by atoms with E-state index in [0.29, 0.717) is 5.56 Å². The maximum absolute atomic E-state index is 13.5. The summed E-state index contributed by atoms with van der Waals surface area (Å²) in [7, 11) is 0. The largest absolute Gasteiger partial charge is 0.309 e. The molecule has 0 aliphatic heterocycles. The molecule has 5 aromatic rings. The van der Waals surface area contributed by atoms with Crippen LogP contribution in [0.15, 0.2) is 91.0 Å². The second kappa shape index (κ2) is 6.06. The molecule has 5 rings (SSSR count). The van der Waals surface area contributed by atoms with E-state index in [1.165, 1.54) is 22.9 Å². The molecule has 0 unspecified atom stereocenters. The van der Waals surface area contributed by atoms with E-state index in [2.05, 4.69) is 28.8 Å². The van der Waals surface area contributed by atoms with Gasteiger partial charge in [0.05, 0.1) is 11.0 Å². The molecule has 0 aliphatic carbocycles. The molecular weight excluding hydrogens is 340 g/mol. The van der Waals surface area contributed by atoms with Crippen LogP contribution in [0, 0.1) is 11.6 Å². The van der Waals surface area contributed by atoms with Crippen molar-refractivity contribution in [3.05, 3.63) is 103 Å². The minimum atomic E-state index is -0.573. The van der Waals surface area contributed by atoms with Crippen molar-refractivity contribution in [2.24, 2.45) is 0 Å². The van der Waals surface area contributed by atoms with Crippen LogP contribution < -0.4 is 0 Å². The fraction of sp³-hybridized carbons (Fsp3) is 0. The number of nitrogens with zero attached hydrogens (tertiary/aromatic N) is 1. The van der Waals surface area contributed by atoms with Crippen molar-refractivity contribution in [1.82, 2.24) is 4.57 Å². The molecule has 1 nitrogen and oxygen atoms in total. The second-order valence-electron chi connectivity index (χ2n) is 6.57. The van der Waals surface area contributed by atoms with Gasteiger partial charge >= 0.3 is 0 Å². The number of benzene rings is 4. The van der Waals surface area contributed by atoms with E-state index in [9.17, 15) is 8.78 Å². The Kier molecular flexibility index (Phi) is 3.54. The Hall–Kier alpha value is -3.46. The molecule has 0 saturated carbocycles. The maximum Gasteiger partial charge on any atom is 0.126 e. The predicted octanol–water partition coefficient (Wildman–Crippen LogP) is 6.73. The molecule has 0 fully saturated rings. The van der Waals surface area contributed by atoms with Crippen molar-refractivity contribution in [2.45, 2.75) is 0 Å². The molecular formula is C24H15F2N. The molecule has 0 amide bonds. The highest BCUT2D eigenvalue weighted by atomic mass is 19.1. The van der Waals surface area contributed by atoms with Gasteiger partial charge in [-0.25, -0.2) is 8.78 Å². The summed E-state index contributed by atoms with van der Waals surface area (Å²) in [4.78, 5) is 0. The average Bonchev–Trinajstić information content (AvgIpc) is 3.02. The molecule has 1 aromatic heterocycles. The quantitative estimate of drug-likeness (QED) is 0.331. The van der Waals surface area contributed by atoms with Crippen LogP contribution in [0.5, 0.6) is 0 Å². The first-order valence-electron chi connectivity index (χ1n) is 8.76. The van der Waals surface area contributed by atoms with Crippen LogP contribution in [-0.2, 0) is 0 Å². The molecule has 4 aromatic carbocycles. The van der Waals surface area contributed by atoms with Gasteiger partial charge in [0.1, 0.15) is 11.6 Å².